The lowest BCUT2D eigenvalue weighted by molar-refractivity contribution is -0.00000586. The Bertz CT molecular complexity index is 963. The summed E-state index contributed by atoms with van der Waals surface area (Å²) in [7, 11) is 7.10. The maximum Gasteiger partial charge on any atom is 0.328 e. The summed E-state index contributed by atoms with van der Waals surface area (Å²) in [6, 6.07) is 11.8. The van der Waals surface area contributed by atoms with E-state index in [1.807, 2.05) is 43.4 Å². The van der Waals surface area contributed by atoms with Crippen LogP contribution in [0.1, 0.15) is 11.1 Å². The molecule has 3 rings (SSSR count). The number of nitrogens with one attached hydrogen (secondary N) is 1. The molecule has 0 amide bonds. The van der Waals surface area contributed by atoms with Crippen LogP contribution in [-0.2, 0) is 27.2 Å². The SMILES string of the molecule is CNCc1ccc(OCc2ccc3c(c2)n(C)c(=O)n3C)c(OC)c1.[Cl-]. The average molecular weight is 377 g/mol. The first-order chi connectivity index (χ1) is 12.0. The fourth-order valence-electron chi connectivity index (χ4n) is 2.95. The highest BCUT2D eigenvalue weighted by molar-refractivity contribution is 5.76. The summed E-state index contributed by atoms with van der Waals surface area (Å²) >= 11 is 0. The topological polar surface area (TPSA) is 57.4 Å². The van der Waals surface area contributed by atoms with Crippen molar-refractivity contribution in [3.05, 3.63) is 58.0 Å². The predicted molar refractivity (Wildman–Crippen MR) is 98.2 cm³/mol. The summed E-state index contributed by atoms with van der Waals surface area (Å²) in [6.07, 6.45) is 0. The molecule has 0 fully saturated rings. The number of ether oxygens (including phenoxy) is 2. The van der Waals surface area contributed by atoms with Gasteiger partial charge in [-0.15, -0.1) is 0 Å². The van der Waals surface area contributed by atoms with Crippen molar-refractivity contribution in [1.82, 2.24) is 14.5 Å². The van der Waals surface area contributed by atoms with Crippen molar-refractivity contribution in [2.24, 2.45) is 14.1 Å². The molecule has 0 radical (unpaired) electrons. The van der Waals surface area contributed by atoms with Gasteiger partial charge in [-0.3, -0.25) is 9.13 Å². The third-order valence-electron chi connectivity index (χ3n) is 4.34. The van der Waals surface area contributed by atoms with Gasteiger partial charge in [0.1, 0.15) is 6.61 Å². The maximum absolute atomic E-state index is 12.0. The number of imidazole rings is 1. The Balaban J connectivity index is 0.00000243. The molecule has 1 N–H and O–H groups in total. The molecule has 0 bridgehead atoms. The van der Waals surface area contributed by atoms with Crippen LogP contribution >= 0.6 is 0 Å². The molecule has 6 nitrogen and oxygen atoms in total. The van der Waals surface area contributed by atoms with Crippen molar-refractivity contribution in [1.29, 1.82) is 0 Å². The average Bonchev–Trinajstić information content (AvgIpc) is 2.85. The van der Waals surface area contributed by atoms with Crippen LogP contribution in [0, 0.1) is 0 Å². The lowest BCUT2D eigenvalue weighted by Crippen LogP contribution is -3.00. The van der Waals surface area contributed by atoms with Gasteiger partial charge in [-0.2, -0.15) is 0 Å². The van der Waals surface area contributed by atoms with Crippen LogP contribution in [0.3, 0.4) is 0 Å². The van der Waals surface area contributed by atoms with E-state index in [1.165, 1.54) is 0 Å². The van der Waals surface area contributed by atoms with Gasteiger partial charge in [0, 0.05) is 20.6 Å². The largest absolute Gasteiger partial charge is 1.00 e. The number of halogens is 1. The molecule has 0 spiro atoms. The van der Waals surface area contributed by atoms with Gasteiger partial charge in [0.15, 0.2) is 11.5 Å². The van der Waals surface area contributed by atoms with Crippen molar-refractivity contribution in [2.75, 3.05) is 14.2 Å². The van der Waals surface area contributed by atoms with Crippen LogP contribution in [0.4, 0.5) is 0 Å². The maximum atomic E-state index is 12.0. The van der Waals surface area contributed by atoms with Crippen LogP contribution < -0.4 is 32.9 Å². The minimum absolute atomic E-state index is 0. The monoisotopic (exact) mass is 376 g/mol. The molecular formula is C19H23ClN3O3-. The fourth-order valence-corrected chi connectivity index (χ4v) is 2.95. The molecule has 0 aliphatic heterocycles. The first-order valence-electron chi connectivity index (χ1n) is 8.13. The molecule has 26 heavy (non-hydrogen) atoms. The zero-order chi connectivity index (χ0) is 18.0. The molecule has 3 aromatic rings. The number of nitrogens with zero attached hydrogens (tertiary/aromatic N) is 2. The Kier molecular flexibility index (Phi) is 6.34. The number of aromatic nitrogens is 2. The van der Waals surface area contributed by atoms with Gasteiger partial charge in [-0.1, -0.05) is 12.1 Å². The number of rotatable bonds is 6. The van der Waals surface area contributed by atoms with Crippen molar-refractivity contribution in [2.45, 2.75) is 13.2 Å². The number of methoxy groups -OCH3 is 1. The molecule has 0 unspecified atom stereocenters. The van der Waals surface area contributed by atoms with Crippen LogP contribution in [0.2, 0.25) is 0 Å². The van der Waals surface area contributed by atoms with E-state index in [-0.39, 0.29) is 18.1 Å². The van der Waals surface area contributed by atoms with Crippen LogP contribution in [0.25, 0.3) is 11.0 Å². The molecule has 2 aromatic carbocycles. The molecule has 1 heterocycles. The molecule has 0 aliphatic carbocycles. The normalized spacial score (nSPS) is 10.6. The lowest BCUT2D eigenvalue weighted by atomic mass is 10.2. The predicted octanol–water partition coefficient (Wildman–Crippen LogP) is -0.812. The molecule has 7 heteroatoms. The van der Waals surface area contributed by atoms with Gasteiger partial charge < -0.3 is 27.2 Å². The minimum atomic E-state index is -0.0325. The molecule has 0 aliphatic rings. The Morgan fingerprint density at radius 2 is 1.65 bits per heavy atom. The minimum Gasteiger partial charge on any atom is -1.00 e. The van der Waals surface area contributed by atoms with Crippen molar-refractivity contribution >= 4 is 11.0 Å². The van der Waals surface area contributed by atoms with Gasteiger partial charge in [-0.05, 0) is 42.4 Å². The van der Waals surface area contributed by atoms with E-state index < -0.39 is 0 Å². The summed E-state index contributed by atoms with van der Waals surface area (Å²) in [5, 5.41) is 3.12. The zero-order valence-electron chi connectivity index (χ0n) is 15.4. The summed E-state index contributed by atoms with van der Waals surface area (Å²) in [4.78, 5) is 12.0. The number of hydrogen-bond acceptors (Lipinski definition) is 4. The summed E-state index contributed by atoms with van der Waals surface area (Å²) < 4.78 is 14.6. The van der Waals surface area contributed by atoms with Crippen LogP contribution in [-0.4, -0.2) is 23.3 Å². The van der Waals surface area contributed by atoms with Crippen LogP contribution in [0.5, 0.6) is 11.5 Å². The highest BCUT2D eigenvalue weighted by atomic mass is 35.5. The summed E-state index contributed by atoms with van der Waals surface area (Å²) in [5.41, 5.74) is 3.90. The highest BCUT2D eigenvalue weighted by Gasteiger charge is 2.10. The van der Waals surface area contributed by atoms with Crippen LogP contribution in [0.15, 0.2) is 41.2 Å². The molecule has 0 atom stereocenters. The van der Waals surface area contributed by atoms with Gasteiger partial charge in [0.25, 0.3) is 0 Å². The van der Waals surface area contributed by atoms with Crippen molar-refractivity contribution in [3.63, 3.8) is 0 Å². The van der Waals surface area contributed by atoms with Gasteiger partial charge >= 0.3 is 5.69 Å². The van der Waals surface area contributed by atoms with E-state index in [0.717, 1.165) is 28.7 Å². The van der Waals surface area contributed by atoms with Gasteiger partial charge in [0.2, 0.25) is 0 Å². The van der Waals surface area contributed by atoms with E-state index in [9.17, 15) is 4.79 Å². The number of benzene rings is 2. The van der Waals surface area contributed by atoms with Gasteiger partial charge in [0.05, 0.1) is 18.1 Å². The van der Waals surface area contributed by atoms with E-state index in [0.29, 0.717) is 18.1 Å². The number of aryl methyl sites for hydroxylation is 2. The quantitative estimate of drug-likeness (QED) is 0.611. The Labute approximate surface area is 158 Å². The second-order valence-corrected chi connectivity index (χ2v) is 6.03. The molecule has 0 saturated carbocycles. The summed E-state index contributed by atoms with van der Waals surface area (Å²) in [6.45, 7) is 1.18. The smallest absolute Gasteiger partial charge is 0.328 e. The second kappa shape index (κ2) is 8.29. The third-order valence-corrected chi connectivity index (χ3v) is 4.34. The van der Waals surface area contributed by atoms with E-state index in [2.05, 4.69) is 5.32 Å². The molecular weight excluding hydrogens is 354 g/mol. The number of fused-ring (bicyclic) bond motifs is 1. The first-order valence-corrected chi connectivity index (χ1v) is 8.13. The second-order valence-electron chi connectivity index (χ2n) is 6.03. The standard InChI is InChI=1S/C19H23N3O3.ClH/c1-20-11-13-6-8-17(18(10-13)24-4)25-12-14-5-7-15-16(9-14)22(3)19(23)21(15)2;/h5-10,20H,11-12H2,1-4H3;1H/p-1. The van der Waals surface area contributed by atoms with Crippen molar-refractivity contribution < 1.29 is 21.9 Å². The Morgan fingerprint density at radius 3 is 2.35 bits per heavy atom. The lowest BCUT2D eigenvalue weighted by Gasteiger charge is -2.12. The molecule has 1 aromatic heterocycles. The van der Waals surface area contributed by atoms with Crippen molar-refractivity contribution in [3.8, 4) is 11.5 Å². The molecule has 140 valence electrons. The highest BCUT2D eigenvalue weighted by Crippen LogP contribution is 2.29. The third kappa shape index (κ3) is 3.71. The summed E-state index contributed by atoms with van der Waals surface area (Å²) in [5.74, 6) is 1.41. The Hall–Kier alpha value is -2.44. The first kappa shape index (κ1) is 19.9. The zero-order valence-corrected chi connectivity index (χ0v) is 16.1. The van der Waals surface area contributed by atoms with E-state index in [4.69, 9.17) is 9.47 Å². The van der Waals surface area contributed by atoms with E-state index >= 15 is 0 Å². The van der Waals surface area contributed by atoms with E-state index in [1.54, 1.807) is 30.3 Å². The Morgan fingerprint density at radius 1 is 0.962 bits per heavy atom. The molecule has 0 saturated heterocycles. The number of hydrogen-bond donors (Lipinski definition) is 1. The van der Waals surface area contributed by atoms with Gasteiger partial charge in [-0.25, -0.2) is 4.79 Å². The fraction of sp³-hybridized carbons (Fsp3) is 0.316.